The highest BCUT2D eigenvalue weighted by Crippen LogP contribution is 2.40. The number of ether oxygens (including phenoxy) is 1. The highest BCUT2D eigenvalue weighted by molar-refractivity contribution is 5.82. The molecule has 0 bridgehead atoms. The lowest BCUT2D eigenvalue weighted by Gasteiger charge is -2.18. The van der Waals surface area contributed by atoms with Gasteiger partial charge in [-0.05, 0) is 19.1 Å². The van der Waals surface area contributed by atoms with E-state index >= 15 is 4.39 Å². The average Bonchev–Trinajstić information content (AvgIpc) is 3.34. The molecular formula is C22H21FN4O. The molecule has 4 rings (SSSR count). The number of benzene rings is 2. The second kappa shape index (κ2) is 7.31. The molecule has 0 saturated carbocycles. The first-order valence-electron chi connectivity index (χ1n) is 9.03. The lowest BCUT2D eigenvalue weighted by atomic mass is 10.0. The normalized spacial score (nSPS) is 12.1. The first-order chi connectivity index (χ1) is 13.6. The Balaban J connectivity index is 1.98. The molecule has 28 heavy (non-hydrogen) atoms. The van der Waals surface area contributed by atoms with Gasteiger partial charge in [-0.2, -0.15) is 5.10 Å². The predicted molar refractivity (Wildman–Crippen MR) is 107 cm³/mol. The number of aryl methyl sites for hydroxylation is 1. The van der Waals surface area contributed by atoms with E-state index < -0.39 is 0 Å². The van der Waals surface area contributed by atoms with Crippen molar-refractivity contribution in [2.24, 2.45) is 7.05 Å². The number of nitrogens with zero attached hydrogens (tertiary/aromatic N) is 4. The Bertz CT molecular complexity index is 1100. The van der Waals surface area contributed by atoms with Gasteiger partial charge in [-0.1, -0.05) is 36.4 Å². The molecule has 0 aliphatic heterocycles. The molecule has 6 heteroatoms. The number of hydrogen-bond acceptors (Lipinski definition) is 3. The molecule has 2 aromatic carbocycles. The molecule has 0 unspecified atom stereocenters. The summed E-state index contributed by atoms with van der Waals surface area (Å²) in [7, 11) is 3.42. The number of hydrogen-bond donors (Lipinski definition) is 0. The van der Waals surface area contributed by atoms with Gasteiger partial charge >= 0.3 is 0 Å². The minimum atomic E-state index is -0.350. The monoisotopic (exact) mass is 376 g/mol. The third-order valence-electron chi connectivity index (χ3n) is 4.90. The zero-order chi connectivity index (χ0) is 19.7. The third-order valence-corrected chi connectivity index (χ3v) is 4.90. The van der Waals surface area contributed by atoms with E-state index in [1.165, 1.54) is 6.07 Å². The Labute approximate surface area is 163 Å². The van der Waals surface area contributed by atoms with Crippen molar-refractivity contribution in [1.82, 2.24) is 19.3 Å². The van der Waals surface area contributed by atoms with Gasteiger partial charge in [0, 0.05) is 24.4 Å². The largest absolute Gasteiger partial charge is 0.496 e. The summed E-state index contributed by atoms with van der Waals surface area (Å²) >= 11 is 0. The van der Waals surface area contributed by atoms with Crippen LogP contribution in [0.5, 0.6) is 5.75 Å². The number of methoxy groups -OCH3 is 1. The minimum absolute atomic E-state index is 0.0852. The lowest BCUT2D eigenvalue weighted by Crippen LogP contribution is -2.08. The number of rotatable bonds is 5. The molecular weight excluding hydrogens is 355 g/mol. The van der Waals surface area contributed by atoms with Crippen molar-refractivity contribution >= 4 is 0 Å². The molecule has 1 atom stereocenters. The van der Waals surface area contributed by atoms with Crippen LogP contribution in [0.2, 0.25) is 0 Å². The fraction of sp³-hybridized carbons (Fsp3) is 0.182. The van der Waals surface area contributed by atoms with Crippen LogP contribution in [0.15, 0.2) is 67.3 Å². The molecule has 4 aromatic rings. The SMILES string of the molecule is COc1cccc(F)c1-c1c(-c2ccccc2)ncn1[C@@H](C)c1cnn(C)c1. The number of aromatic nitrogens is 4. The number of halogens is 1. The van der Waals surface area contributed by atoms with E-state index in [-0.39, 0.29) is 11.9 Å². The van der Waals surface area contributed by atoms with Crippen molar-refractivity contribution in [3.8, 4) is 28.3 Å². The third kappa shape index (κ3) is 3.07. The van der Waals surface area contributed by atoms with Crippen molar-refractivity contribution in [3.05, 3.63) is 78.6 Å². The molecule has 0 amide bonds. The van der Waals surface area contributed by atoms with E-state index in [1.807, 2.05) is 61.3 Å². The van der Waals surface area contributed by atoms with Crippen molar-refractivity contribution in [1.29, 1.82) is 0 Å². The van der Waals surface area contributed by atoms with Crippen molar-refractivity contribution in [2.75, 3.05) is 7.11 Å². The Morgan fingerprint density at radius 1 is 1.07 bits per heavy atom. The lowest BCUT2D eigenvalue weighted by molar-refractivity contribution is 0.413. The van der Waals surface area contributed by atoms with Gasteiger partial charge in [-0.25, -0.2) is 9.37 Å². The topological polar surface area (TPSA) is 44.9 Å². The molecule has 0 saturated heterocycles. The molecule has 142 valence electrons. The van der Waals surface area contributed by atoms with E-state index in [9.17, 15) is 0 Å². The van der Waals surface area contributed by atoms with Gasteiger partial charge < -0.3 is 9.30 Å². The van der Waals surface area contributed by atoms with Gasteiger partial charge in [0.25, 0.3) is 0 Å². The second-order valence-electron chi connectivity index (χ2n) is 6.66. The standard InChI is InChI=1S/C22H21FN4O/c1-15(17-12-25-26(2)13-17)27-14-24-21(16-8-5-4-6-9-16)22(27)20-18(23)10-7-11-19(20)28-3/h4-15H,1-3H3/t15-/m0/s1. The van der Waals surface area contributed by atoms with E-state index in [2.05, 4.69) is 10.1 Å². The zero-order valence-electron chi connectivity index (χ0n) is 16.0. The van der Waals surface area contributed by atoms with Crippen molar-refractivity contribution in [3.63, 3.8) is 0 Å². The molecule has 0 spiro atoms. The first-order valence-corrected chi connectivity index (χ1v) is 9.03. The Hall–Kier alpha value is -3.41. The number of imidazole rings is 1. The molecule has 2 aromatic heterocycles. The van der Waals surface area contributed by atoms with E-state index in [0.717, 1.165) is 11.1 Å². The molecule has 0 aliphatic rings. The van der Waals surface area contributed by atoms with Crippen LogP contribution in [0.1, 0.15) is 18.5 Å². The fourth-order valence-electron chi connectivity index (χ4n) is 3.43. The Kier molecular flexibility index (Phi) is 4.69. The fourth-order valence-corrected chi connectivity index (χ4v) is 3.43. The van der Waals surface area contributed by atoms with Gasteiger partial charge in [0.05, 0.1) is 42.6 Å². The summed E-state index contributed by atoms with van der Waals surface area (Å²) in [6, 6.07) is 14.5. The van der Waals surface area contributed by atoms with Crippen LogP contribution in [0, 0.1) is 5.82 Å². The quantitative estimate of drug-likeness (QED) is 0.507. The van der Waals surface area contributed by atoms with Crippen molar-refractivity contribution < 1.29 is 9.13 Å². The van der Waals surface area contributed by atoms with Crippen molar-refractivity contribution in [2.45, 2.75) is 13.0 Å². The minimum Gasteiger partial charge on any atom is -0.496 e. The first kappa shape index (κ1) is 18.0. The maximum Gasteiger partial charge on any atom is 0.136 e. The highest BCUT2D eigenvalue weighted by Gasteiger charge is 2.24. The molecule has 0 aliphatic carbocycles. The van der Waals surface area contributed by atoms with E-state index in [0.29, 0.717) is 22.7 Å². The van der Waals surface area contributed by atoms with Gasteiger partial charge in [0.2, 0.25) is 0 Å². The van der Waals surface area contributed by atoms with Gasteiger partial charge in [0.1, 0.15) is 11.6 Å². The maximum atomic E-state index is 15.0. The zero-order valence-corrected chi connectivity index (χ0v) is 16.0. The predicted octanol–water partition coefficient (Wildman–Crippen LogP) is 4.71. The molecule has 0 fully saturated rings. The summed E-state index contributed by atoms with van der Waals surface area (Å²) < 4.78 is 24.2. The maximum absolute atomic E-state index is 15.0. The smallest absolute Gasteiger partial charge is 0.136 e. The molecule has 0 radical (unpaired) electrons. The summed E-state index contributed by atoms with van der Waals surface area (Å²) in [4.78, 5) is 4.65. The van der Waals surface area contributed by atoms with Gasteiger partial charge in [-0.3, -0.25) is 4.68 Å². The van der Waals surface area contributed by atoms with Crippen LogP contribution in [0.3, 0.4) is 0 Å². The summed E-state index contributed by atoms with van der Waals surface area (Å²) in [6.07, 6.45) is 5.52. The summed E-state index contributed by atoms with van der Waals surface area (Å²) in [5.74, 6) is 0.119. The van der Waals surface area contributed by atoms with Gasteiger partial charge in [0.15, 0.2) is 0 Å². The Morgan fingerprint density at radius 3 is 2.54 bits per heavy atom. The van der Waals surface area contributed by atoms with Gasteiger partial charge in [-0.15, -0.1) is 0 Å². The highest BCUT2D eigenvalue weighted by atomic mass is 19.1. The average molecular weight is 376 g/mol. The van der Waals surface area contributed by atoms with E-state index in [4.69, 9.17) is 4.74 Å². The second-order valence-corrected chi connectivity index (χ2v) is 6.66. The van der Waals surface area contributed by atoms with Crippen LogP contribution in [-0.2, 0) is 7.05 Å². The molecule has 2 heterocycles. The van der Waals surface area contributed by atoms with Crippen LogP contribution in [0.25, 0.3) is 22.5 Å². The summed E-state index contributed by atoms with van der Waals surface area (Å²) in [5.41, 5.74) is 3.71. The van der Waals surface area contributed by atoms with Crippen LogP contribution < -0.4 is 4.74 Å². The van der Waals surface area contributed by atoms with Crippen LogP contribution in [0.4, 0.5) is 4.39 Å². The summed E-state index contributed by atoms with van der Waals surface area (Å²) in [6.45, 7) is 2.05. The summed E-state index contributed by atoms with van der Waals surface area (Å²) in [5, 5.41) is 4.27. The molecule has 0 N–H and O–H groups in total. The van der Waals surface area contributed by atoms with E-state index in [1.54, 1.807) is 30.3 Å². The molecule has 5 nitrogen and oxygen atoms in total. The Morgan fingerprint density at radius 2 is 1.86 bits per heavy atom. The van der Waals surface area contributed by atoms with Crippen LogP contribution in [-0.4, -0.2) is 26.4 Å². The van der Waals surface area contributed by atoms with Crippen LogP contribution >= 0.6 is 0 Å².